The maximum Gasteiger partial charge on any atom is 0.130 e. The molecule has 14 heavy (non-hydrogen) atoms. The van der Waals surface area contributed by atoms with E-state index in [0.29, 0.717) is 5.82 Å². The van der Waals surface area contributed by atoms with Gasteiger partial charge in [0.1, 0.15) is 11.6 Å². The summed E-state index contributed by atoms with van der Waals surface area (Å²) < 4.78 is 0. The maximum absolute atomic E-state index is 5.70. The molecule has 0 amide bonds. The summed E-state index contributed by atoms with van der Waals surface area (Å²) in [5.41, 5.74) is 6.99. The number of hydrogen-bond donors (Lipinski definition) is 1. The highest BCUT2D eigenvalue weighted by Crippen LogP contribution is 2.20. The third-order valence-corrected chi connectivity index (χ3v) is 1.87. The fourth-order valence-electron chi connectivity index (χ4n) is 1.37. The molecule has 0 aliphatic carbocycles. The second-order valence-electron chi connectivity index (χ2n) is 4.79. The van der Waals surface area contributed by atoms with Crippen molar-refractivity contribution < 1.29 is 0 Å². The van der Waals surface area contributed by atoms with E-state index in [-0.39, 0.29) is 5.41 Å². The van der Waals surface area contributed by atoms with Crippen LogP contribution in [0.1, 0.15) is 39.2 Å². The second-order valence-corrected chi connectivity index (χ2v) is 4.79. The summed E-state index contributed by atoms with van der Waals surface area (Å²) in [5, 5.41) is 0. The van der Waals surface area contributed by atoms with Crippen molar-refractivity contribution >= 4 is 5.82 Å². The van der Waals surface area contributed by atoms with E-state index >= 15 is 0 Å². The van der Waals surface area contributed by atoms with Crippen LogP contribution in [0.2, 0.25) is 0 Å². The van der Waals surface area contributed by atoms with Crippen molar-refractivity contribution in [3.63, 3.8) is 0 Å². The van der Waals surface area contributed by atoms with Gasteiger partial charge in [0.05, 0.1) is 0 Å². The fourth-order valence-corrected chi connectivity index (χ4v) is 1.37. The van der Waals surface area contributed by atoms with Gasteiger partial charge in [-0.2, -0.15) is 0 Å². The Labute approximate surface area is 85.8 Å². The lowest BCUT2D eigenvalue weighted by molar-refractivity contribution is 0.405. The molecule has 0 unspecified atom stereocenters. The molecule has 1 heterocycles. The highest BCUT2D eigenvalue weighted by molar-refractivity contribution is 5.30. The van der Waals surface area contributed by atoms with Crippen LogP contribution in [0.5, 0.6) is 0 Å². The summed E-state index contributed by atoms with van der Waals surface area (Å²) in [4.78, 5) is 8.60. The Bertz CT molecular complexity index is 313. The van der Waals surface area contributed by atoms with Crippen molar-refractivity contribution in [3.05, 3.63) is 17.6 Å². The van der Waals surface area contributed by atoms with Crippen molar-refractivity contribution in [2.24, 2.45) is 5.41 Å². The molecule has 0 fully saturated rings. The third kappa shape index (κ3) is 3.32. The van der Waals surface area contributed by atoms with Gasteiger partial charge in [-0.05, 0) is 11.8 Å². The molecule has 0 spiro atoms. The number of rotatable bonds is 2. The number of nitrogen functional groups attached to an aromatic ring is 1. The lowest BCUT2D eigenvalue weighted by atomic mass is 9.90. The number of nitrogens with two attached hydrogens (primary N) is 1. The Morgan fingerprint density at radius 1 is 1.29 bits per heavy atom. The fraction of sp³-hybridized carbons (Fsp3) is 0.636. The zero-order chi connectivity index (χ0) is 10.8. The lowest BCUT2D eigenvalue weighted by Crippen LogP contribution is -2.12. The molecule has 3 nitrogen and oxygen atoms in total. The molecule has 1 rings (SSSR count). The van der Waals surface area contributed by atoms with Gasteiger partial charge in [0, 0.05) is 18.2 Å². The Kier molecular flexibility index (Phi) is 3.09. The quantitative estimate of drug-likeness (QED) is 0.783. The van der Waals surface area contributed by atoms with Crippen molar-refractivity contribution in [1.29, 1.82) is 0 Å². The third-order valence-electron chi connectivity index (χ3n) is 1.87. The van der Waals surface area contributed by atoms with Crippen LogP contribution in [0.15, 0.2) is 6.07 Å². The molecule has 2 N–H and O–H groups in total. The Balaban J connectivity index is 2.92. The first-order valence-electron chi connectivity index (χ1n) is 5.03. The summed E-state index contributed by atoms with van der Waals surface area (Å²) >= 11 is 0. The minimum absolute atomic E-state index is 0.242. The molecular weight excluding hydrogens is 174 g/mol. The van der Waals surface area contributed by atoms with E-state index in [2.05, 4.69) is 30.7 Å². The normalized spacial score (nSPS) is 11.7. The van der Waals surface area contributed by atoms with Gasteiger partial charge in [-0.1, -0.05) is 27.7 Å². The predicted octanol–water partition coefficient (Wildman–Crippen LogP) is 2.21. The van der Waals surface area contributed by atoms with Crippen LogP contribution in [-0.2, 0) is 12.8 Å². The molecule has 0 saturated carbocycles. The first kappa shape index (κ1) is 11.0. The highest BCUT2D eigenvalue weighted by Gasteiger charge is 2.13. The summed E-state index contributed by atoms with van der Waals surface area (Å²) in [6.45, 7) is 8.61. The molecule has 3 heteroatoms. The maximum atomic E-state index is 5.70. The van der Waals surface area contributed by atoms with Crippen molar-refractivity contribution in [1.82, 2.24) is 9.97 Å². The van der Waals surface area contributed by atoms with E-state index in [1.807, 2.05) is 13.0 Å². The van der Waals surface area contributed by atoms with Gasteiger partial charge >= 0.3 is 0 Å². The van der Waals surface area contributed by atoms with E-state index in [1.165, 1.54) is 0 Å². The first-order valence-corrected chi connectivity index (χ1v) is 5.03. The van der Waals surface area contributed by atoms with Gasteiger partial charge in [-0.15, -0.1) is 0 Å². The smallest absolute Gasteiger partial charge is 0.130 e. The van der Waals surface area contributed by atoms with Gasteiger partial charge in [0.25, 0.3) is 0 Å². The van der Waals surface area contributed by atoms with Crippen LogP contribution >= 0.6 is 0 Å². The van der Waals surface area contributed by atoms with Crippen molar-refractivity contribution in [3.8, 4) is 0 Å². The standard InChI is InChI=1S/C11H19N3/c1-5-10-13-8(6-9(12)14-10)7-11(2,3)4/h6H,5,7H2,1-4H3,(H2,12,13,14). The number of aromatic nitrogens is 2. The Morgan fingerprint density at radius 2 is 1.93 bits per heavy atom. The molecule has 0 aliphatic heterocycles. The number of hydrogen-bond acceptors (Lipinski definition) is 3. The molecule has 1 aromatic heterocycles. The van der Waals surface area contributed by atoms with Gasteiger partial charge in [0.15, 0.2) is 0 Å². The summed E-state index contributed by atoms with van der Waals surface area (Å²) in [6, 6.07) is 1.87. The molecule has 0 atom stereocenters. The van der Waals surface area contributed by atoms with E-state index in [4.69, 9.17) is 5.73 Å². The molecule has 0 aliphatic rings. The molecule has 0 radical (unpaired) electrons. The molecule has 1 aromatic rings. The van der Waals surface area contributed by atoms with Crippen LogP contribution in [0.3, 0.4) is 0 Å². The topological polar surface area (TPSA) is 51.8 Å². The van der Waals surface area contributed by atoms with Gasteiger partial charge in [-0.25, -0.2) is 9.97 Å². The summed E-state index contributed by atoms with van der Waals surface area (Å²) in [7, 11) is 0. The van der Waals surface area contributed by atoms with Gasteiger partial charge in [-0.3, -0.25) is 0 Å². The largest absolute Gasteiger partial charge is 0.384 e. The number of anilines is 1. The second kappa shape index (κ2) is 3.95. The van der Waals surface area contributed by atoms with E-state index in [1.54, 1.807) is 0 Å². The zero-order valence-corrected chi connectivity index (χ0v) is 9.46. The van der Waals surface area contributed by atoms with E-state index in [0.717, 1.165) is 24.4 Å². The van der Waals surface area contributed by atoms with Crippen molar-refractivity contribution in [2.45, 2.75) is 40.5 Å². The zero-order valence-electron chi connectivity index (χ0n) is 9.46. The van der Waals surface area contributed by atoms with Crippen LogP contribution < -0.4 is 5.73 Å². The average molecular weight is 193 g/mol. The van der Waals surface area contributed by atoms with Crippen LogP contribution in [0, 0.1) is 5.41 Å². The molecule has 0 aromatic carbocycles. The van der Waals surface area contributed by atoms with Gasteiger partial charge < -0.3 is 5.73 Å². The van der Waals surface area contributed by atoms with Crippen LogP contribution in [0.4, 0.5) is 5.82 Å². The lowest BCUT2D eigenvalue weighted by Gasteiger charge is -2.17. The molecule has 0 saturated heterocycles. The monoisotopic (exact) mass is 193 g/mol. The summed E-state index contributed by atoms with van der Waals surface area (Å²) in [5.74, 6) is 1.42. The number of aryl methyl sites for hydroxylation is 1. The SMILES string of the molecule is CCc1nc(N)cc(CC(C)(C)C)n1. The Morgan fingerprint density at radius 3 is 2.43 bits per heavy atom. The highest BCUT2D eigenvalue weighted by atomic mass is 14.9. The van der Waals surface area contributed by atoms with E-state index in [9.17, 15) is 0 Å². The van der Waals surface area contributed by atoms with Crippen LogP contribution in [-0.4, -0.2) is 9.97 Å². The minimum atomic E-state index is 0.242. The Hall–Kier alpha value is -1.12. The summed E-state index contributed by atoms with van der Waals surface area (Å²) in [6.07, 6.45) is 1.77. The van der Waals surface area contributed by atoms with Crippen LogP contribution in [0.25, 0.3) is 0 Å². The molecular formula is C11H19N3. The molecule has 78 valence electrons. The van der Waals surface area contributed by atoms with E-state index < -0.39 is 0 Å². The number of nitrogens with zero attached hydrogens (tertiary/aromatic N) is 2. The average Bonchev–Trinajstić information content (AvgIpc) is 1.99. The predicted molar refractivity (Wildman–Crippen MR) is 59.0 cm³/mol. The van der Waals surface area contributed by atoms with Gasteiger partial charge in [0.2, 0.25) is 0 Å². The van der Waals surface area contributed by atoms with Crippen molar-refractivity contribution in [2.75, 3.05) is 5.73 Å². The molecule has 0 bridgehead atoms. The first-order chi connectivity index (χ1) is 6.40. The minimum Gasteiger partial charge on any atom is -0.384 e.